The van der Waals surface area contributed by atoms with Crippen LogP contribution in [-0.2, 0) is 21.7 Å². The summed E-state index contributed by atoms with van der Waals surface area (Å²) in [6, 6.07) is 52.6. The number of benzene rings is 4. The van der Waals surface area contributed by atoms with Crippen LogP contribution in [0.1, 0.15) is 22.3 Å². The van der Waals surface area contributed by atoms with E-state index in [4.69, 9.17) is 0 Å². The van der Waals surface area contributed by atoms with Gasteiger partial charge in [0.1, 0.15) is 0 Å². The van der Waals surface area contributed by atoms with Gasteiger partial charge in [-0.2, -0.15) is 24.3 Å². The number of rotatable bonds is 6. The fourth-order valence-electron chi connectivity index (χ4n) is 5.10. The van der Waals surface area contributed by atoms with E-state index in [1.165, 1.54) is 54.1 Å². The first kappa shape index (κ1) is 31.1. The monoisotopic (exact) mass is 602 g/mol. The van der Waals surface area contributed by atoms with Crippen molar-refractivity contribution in [3.05, 3.63) is 168 Å². The molecule has 3 heteroatoms. The third-order valence-electron chi connectivity index (χ3n) is 7.23. The molecule has 0 saturated heterocycles. The van der Waals surface area contributed by atoms with Crippen molar-refractivity contribution in [1.82, 2.24) is 0 Å². The minimum atomic E-state index is -0.451. The first-order valence-corrected chi connectivity index (χ1v) is 16.5. The molecule has 0 nitrogen and oxygen atoms in total. The van der Waals surface area contributed by atoms with Gasteiger partial charge in [-0.05, 0) is 87.0 Å². The van der Waals surface area contributed by atoms with Crippen molar-refractivity contribution >= 4 is 47.7 Å². The molecule has 202 valence electrons. The van der Waals surface area contributed by atoms with Crippen LogP contribution in [0.5, 0.6) is 0 Å². The fourth-order valence-corrected chi connectivity index (χ4v) is 10.3. The maximum atomic E-state index is 2.28. The van der Waals surface area contributed by atoms with Crippen molar-refractivity contribution in [2.24, 2.45) is 0 Å². The molecule has 0 aliphatic rings. The molecule has 0 unspecified atom stereocenters. The van der Waals surface area contributed by atoms with Crippen molar-refractivity contribution in [3.8, 4) is 0 Å². The van der Waals surface area contributed by atoms with Crippen LogP contribution in [0.2, 0.25) is 0 Å². The summed E-state index contributed by atoms with van der Waals surface area (Å²) in [6.07, 6.45) is 0. The van der Waals surface area contributed by atoms with Crippen LogP contribution in [0, 0.1) is 27.7 Å². The summed E-state index contributed by atoms with van der Waals surface area (Å²) in [5.41, 5.74) is 5.51. The Morgan fingerprint density at radius 3 is 0.854 bits per heavy atom. The molecule has 0 aliphatic heterocycles. The maximum Gasteiger partial charge on any atom is 2.00 e. The van der Waals surface area contributed by atoms with Crippen LogP contribution < -0.4 is 31.8 Å². The molecule has 41 heavy (non-hydrogen) atoms. The molecule has 6 rings (SSSR count). The largest absolute Gasteiger partial charge is 2.00 e. The van der Waals surface area contributed by atoms with E-state index in [-0.39, 0.29) is 21.7 Å². The zero-order valence-electron chi connectivity index (χ0n) is 24.3. The molecule has 0 aliphatic carbocycles. The molecule has 6 aromatic carbocycles. The third kappa shape index (κ3) is 7.33. The average molecular weight is 603 g/mol. The Labute approximate surface area is 263 Å². The Kier molecular flexibility index (Phi) is 11.3. The molecule has 0 radical (unpaired) electrons. The number of hydrogen-bond donors (Lipinski definition) is 0. The molecule has 0 spiro atoms. The second-order valence-electron chi connectivity index (χ2n) is 10.1. The van der Waals surface area contributed by atoms with Crippen LogP contribution in [0.4, 0.5) is 0 Å². The smallest absolute Gasteiger partial charge is 0.213 e. The van der Waals surface area contributed by atoms with Crippen molar-refractivity contribution < 1.29 is 21.7 Å². The quantitative estimate of drug-likeness (QED) is 0.105. The maximum absolute atomic E-state index is 2.28. The molecule has 0 atom stereocenters. The van der Waals surface area contributed by atoms with Crippen molar-refractivity contribution in [1.29, 1.82) is 0 Å². The van der Waals surface area contributed by atoms with E-state index < -0.39 is 15.8 Å². The van der Waals surface area contributed by atoms with Crippen molar-refractivity contribution in [2.75, 3.05) is 0 Å². The fraction of sp³-hybridized carbons (Fsp3) is 0.105. The van der Waals surface area contributed by atoms with E-state index in [0.29, 0.717) is 0 Å². The van der Waals surface area contributed by atoms with Gasteiger partial charge in [-0.25, -0.2) is 24.3 Å². The Bertz CT molecular complexity index is 1430. The van der Waals surface area contributed by atoms with Gasteiger partial charge in [-0.3, -0.25) is 0 Å². The molecule has 0 amide bonds. The van der Waals surface area contributed by atoms with Gasteiger partial charge in [0, 0.05) is 0 Å². The second-order valence-corrected chi connectivity index (χ2v) is 14.4. The topological polar surface area (TPSA) is 0 Å². The van der Waals surface area contributed by atoms with Crippen LogP contribution >= 0.6 is 15.8 Å². The normalized spacial score (nSPS) is 10.7. The SMILES string of the molecule is Cc1ccccc1P(c1ccc[cH-]1)c1ccccc1C.Cc1ccccc1P(c1ccc[cH-]1)c1ccccc1C.[Ti+2]. The number of hydrogen-bond acceptors (Lipinski definition) is 0. The summed E-state index contributed by atoms with van der Waals surface area (Å²) in [4.78, 5) is 0. The van der Waals surface area contributed by atoms with E-state index in [9.17, 15) is 0 Å². The van der Waals surface area contributed by atoms with E-state index in [1.807, 2.05) is 0 Å². The van der Waals surface area contributed by atoms with Crippen molar-refractivity contribution in [2.45, 2.75) is 27.7 Å². The first-order chi connectivity index (χ1) is 19.5. The van der Waals surface area contributed by atoms with Crippen LogP contribution in [0.25, 0.3) is 0 Å². The van der Waals surface area contributed by atoms with Gasteiger partial charge in [-0.15, -0.1) is 10.6 Å². The molecule has 0 aromatic heterocycles. The predicted molar refractivity (Wildman–Crippen MR) is 180 cm³/mol. The number of aryl methyl sites for hydroxylation is 4. The molecule has 0 N–H and O–H groups in total. The molecule has 0 heterocycles. The summed E-state index contributed by atoms with van der Waals surface area (Å²) in [6.45, 7) is 8.86. The molecule has 0 fully saturated rings. The average Bonchev–Trinajstić information content (AvgIpc) is 3.69. The third-order valence-corrected chi connectivity index (χ3v) is 12.8. The van der Waals surface area contributed by atoms with Gasteiger partial charge in [-0.1, -0.05) is 97.1 Å². The summed E-state index contributed by atoms with van der Waals surface area (Å²) in [5, 5.41) is 8.71. The van der Waals surface area contributed by atoms with Gasteiger partial charge in [0.2, 0.25) is 0 Å². The second kappa shape index (κ2) is 14.9. The Morgan fingerprint density at radius 2 is 0.634 bits per heavy atom. The van der Waals surface area contributed by atoms with Crippen molar-refractivity contribution in [3.63, 3.8) is 0 Å². The van der Waals surface area contributed by atoms with Gasteiger partial charge in [0.25, 0.3) is 0 Å². The molecule has 0 bridgehead atoms. The molecule has 6 aromatic rings. The van der Waals surface area contributed by atoms with Crippen LogP contribution in [0.3, 0.4) is 0 Å². The Morgan fingerprint density at radius 1 is 0.366 bits per heavy atom. The Hall–Kier alpha value is -2.85. The standard InChI is InChI=1S/2C19H18P.Ti/c2*1-15-9-3-7-13-18(15)20(17-11-5-6-12-17)19-14-8-4-10-16(19)2;/h2*3-14H,1-2H3;/q2*-1;+2. The summed E-state index contributed by atoms with van der Waals surface area (Å²) >= 11 is 0. The summed E-state index contributed by atoms with van der Waals surface area (Å²) in [7, 11) is -0.901. The zero-order valence-corrected chi connectivity index (χ0v) is 27.6. The minimum Gasteiger partial charge on any atom is -0.213 e. The summed E-state index contributed by atoms with van der Waals surface area (Å²) < 4.78 is 0. The van der Waals surface area contributed by atoms with Gasteiger partial charge in [0.15, 0.2) is 0 Å². The van der Waals surface area contributed by atoms with E-state index in [0.717, 1.165) is 0 Å². The minimum absolute atomic E-state index is 0. The molecular weight excluding hydrogens is 566 g/mol. The van der Waals surface area contributed by atoms with E-state index >= 15 is 0 Å². The summed E-state index contributed by atoms with van der Waals surface area (Å²) in [5.74, 6) is 0. The van der Waals surface area contributed by atoms with Crippen LogP contribution in [0.15, 0.2) is 146 Å². The van der Waals surface area contributed by atoms with E-state index in [2.05, 4.69) is 173 Å². The zero-order chi connectivity index (χ0) is 27.9. The van der Waals surface area contributed by atoms with Crippen LogP contribution in [-0.4, -0.2) is 0 Å². The molecular formula is C38H36P2Ti. The molecule has 0 saturated carbocycles. The van der Waals surface area contributed by atoms with E-state index in [1.54, 1.807) is 0 Å². The first-order valence-electron chi connectivity index (χ1n) is 13.8. The van der Waals surface area contributed by atoms with Gasteiger partial charge < -0.3 is 0 Å². The van der Waals surface area contributed by atoms with Gasteiger partial charge >= 0.3 is 21.7 Å². The predicted octanol–water partition coefficient (Wildman–Crippen LogP) is 7.56. The Balaban J connectivity index is 0.000000184. The van der Waals surface area contributed by atoms with Gasteiger partial charge in [0.05, 0.1) is 0 Å².